The van der Waals surface area contributed by atoms with Crippen LogP contribution >= 0.6 is 0 Å². The summed E-state index contributed by atoms with van der Waals surface area (Å²) >= 11 is 0. The van der Waals surface area contributed by atoms with E-state index in [4.69, 9.17) is 4.42 Å². The van der Waals surface area contributed by atoms with Crippen LogP contribution in [0, 0.1) is 5.82 Å². The molecule has 4 heteroatoms. The first-order chi connectivity index (χ1) is 8.72. The lowest BCUT2D eigenvalue weighted by molar-refractivity contribution is 0.0931. The monoisotopic (exact) mass is 245 g/mol. The number of furan rings is 1. The largest absolute Gasteiger partial charge is 0.451 e. The minimum atomic E-state index is -0.384. The van der Waals surface area contributed by atoms with Crippen molar-refractivity contribution >= 4 is 5.91 Å². The average molecular weight is 245 g/mol. The lowest BCUT2D eigenvalue weighted by Gasteiger charge is -2.00. The van der Waals surface area contributed by atoms with Crippen LogP contribution in [-0.2, 0) is 0 Å². The molecule has 1 aromatic heterocycles. The summed E-state index contributed by atoms with van der Waals surface area (Å²) in [5, 5.41) is 2.58. The third kappa shape index (κ3) is 2.48. The summed E-state index contributed by atoms with van der Waals surface area (Å²) in [5.41, 5.74) is 0.334. The second-order valence-electron chi connectivity index (χ2n) is 3.64. The highest BCUT2D eigenvalue weighted by Crippen LogP contribution is 2.24. The van der Waals surface area contributed by atoms with Crippen LogP contribution in [0.1, 0.15) is 10.6 Å². The minimum Gasteiger partial charge on any atom is -0.451 e. The first kappa shape index (κ1) is 12.1. The van der Waals surface area contributed by atoms with E-state index in [0.29, 0.717) is 17.9 Å². The van der Waals surface area contributed by atoms with Crippen molar-refractivity contribution in [3.63, 3.8) is 0 Å². The van der Waals surface area contributed by atoms with E-state index in [1.165, 1.54) is 12.1 Å². The van der Waals surface area contributed by atoms with Gasteiger partial charge in [0.2, 0.25) is 0 Å². The number of carbonyl (C=O) groups excluding carboxylic acids is 1. The van der Waals surface area contributed by atoms with Crippen LogP contribution in [0.5, 0.6) is 0 Å². The lowest BCUT2D eigenvalue weighted by Crippen LogP contribution is -2.22. The van der Waals surface area contributed by atoms with Crippen LogP contribution in [0.15, 0.2) is 53.5 Å². The first-order valence-corrected chi connectivity index (χ1v) is 5.46. The van der Waals surface area contributed by atoms with E-state index < -0.39 is 0 Å². The van der Waals surface area contributed by atoms with Crippen LogP contribution in [0.25, 0.3) is 11.3 Å². The molecular formula is C14H12FNO2. The Morgan fingerprint density at radius 2 is 2.11 bits per heavy atom. The molecule has 2 rings (SSSR count). The number of rotatable bonds is 4. The van der Waals surface area contributed by atoms with Gasteiger partial charge in [-0.3, -0.25) is 4.79 Å². The van der Waals surface area contributed by atoms with Crippen LogP contribution < -0.4 is 5.32 Å². The van der Waals surface area contributed by atoms with Gasteiger partial charge in [-0.2, -0.15) is 0 Å². The quantitative estimate of drug-likeness (QED) is 0.841. The molecule has 0 radical (unpaired) electrons. The van der Waals surface area contributed by atoms with Gasteiger partial charge in [-0.15, -0.1) is 6.58 Å². The van der Waals surface area contributed by atoms with Gasteiger partial charge in [0, 0.05) is 6.54 Å². The summed E-state index contributed by atoms with van der Waals surface area (Å²) in [6, 6.07) is 9.33. The number of halogens is 1. The van der Waals surface area contributed by atoms with Crippen molar-refractivity contribution in [2.45, 2.75) is 0 Å². The third-order valence-electron chi connectivity index (χ3n) is 2.38. The van der Waals surface area contributed by atoms with Gasteiger partial charge in [0.1, 0.15) is 11.6 Å². The number of hydrogen-bond donors (Lipinski definition) is 1. The molecule has 0 fully saturated rings. The van der Waals surface area contributed by atoms with Crippen molar-refractivity contribution in [3.8, 4) is 11.3 Å². The molecule has 2 aromatic rings. The molecule has 0 saturated carbocycles. The molecule has 0 unspecified atom stereocenters. The fourth-order valence-electron chi connectivity index (χ4n) is 1.52. The molecule has 0 saturated heterocycles. The van der Waals surface area contributed by atoms with E-state index in [9.17, 15) is 9.18 Å². The Labute approximate surface area is 104 Å². The molecule has 0 aliphatic carbocycles. The van der Waals surface area contributed by atoms with E-state index in [1.54, 1.807) is 30.3 Å². The zero-order valence-electron chi connectivity index (χ0n) is 9.65. The van der Waals surface area contributed by atoms with Gasteiger partial charge in [0.05, 0.1) is 5.56 Å². The Hall–Kier alpha value is -2.36. The summed E-state index contributed by atoms with van der Waals surface area (Å²) < 4.78 is 18.8. The maximum atomic E-state index is 13.5. The van der Waals surface area contributed by atoms with Gasteiger partial charge in [-0.05, 0) is 24.3 Å². The maximum absolute atomic E-state index is 13.5. The molecular weight excluding hydrogens is 233 g/mol. The smallest absolute Gasteiger partial charge is 0.287 e. The van der Waals surface area contributed by atoms with Gasteiger partial charge in [-0.1, -0.05) is 18.2 Å². The average Bonchev–Trinajstić information content (AvgIpc) is 2.86. The maximum Gasteiger partial charge on any atom is 0.287 e. The molecule has 92 valence electrons. The summed E-state index contributed by atoms with van der Waals surface area (Å²) in [7, 11) is 0. The van der Waals surface area contributed by atoms with Gasteiger partial charge < -0.3 is 9.73 Å². The van der Waals surface area contributed by atoms with Crippen molar-refractivity contribution in [1.82, 2.24) is 5.32 Å². The lowest BCUT2D eigenvalue weighted by atomic mass is 10.1. The SMILES string of the molecule is C=CCNC(=O)c1ccc(-c2ccccc2F)o1. The molecule has 0 aliphatic heterocycles. The molecule has 0 aliphatic rings. The normalized spacial score (nSPS) is 10.1. The second kappa shape index (κ2) is 5.31. The topological polar surface area (TPSA) is 42.2 Å². The van der Waals surface area contributed by atoms with E-state index in [0.717, 1.165) is 0 Å². The standard InChI is InChI=1S/C14H12FNO2/c1-2-9-16-14(17)13-8-7-12(18-13)10-5-3-4-6-11(10)15/h2-8H,1,9H2,(H,16,17). The predicted octanol–water partition coefficient (Wildman–Crippen LogP) is 3.00. The summed E-state index contributed by atoms with van der Waals surface area (Å²) in [6.45, 7) is 3.85. The predicted molar refractivity (Wildman–Crippen MR) is 66.6 cm³/mol. The molecule has 0 atom stereocenters. The van der Waals surface area contributed by atoms with E-state index in [2.05, 4.69) is 11.9 Å². The molecule has 1 heterocycles. The van der Waals surface area contributed by atoms with E-state index in [1.807, 2.05) is 0 Å². The second-order valence-corrected chi connectivity index (χ2v) is 3.64. The third-order valence-corrected chi connectivity index (χ3v) is 2.38. The number of amides is 1. The molecule has 3 nitrogen and oxygen atoms in total. The molecule has 1 N–H and O–H groups in total. The van der Waals surface area contributed by atoms with Crippen LogP contribution in [0.4, 0.5) is 4.39 Å². The fraction of sp³-hybridized carbons (Fsp3) is 0.0714. The van der Waals surface area contributed by atoms with E-state index in [-0.39, 0.29) is 17.5 Å². The van der Waals surface area contributed by atoms with Gasteiger partial charge >= 0.3 is 0 Å². The Balaban J connectivity index is 2.23. The van der Waals surface area contributed by atoms with Gasteiger partial charge in [0.25, 0.3) is 5.91 Å². The Morgan fingerprint density at radius 1 is 1.33 bits per heavy atom. The summed E-state index contributed by atoms with van der Waals surface area (Å²) in [4.78, 5) is 11.6. The Morgan fingerprint density at radius 3 is 2.83 bits per heavy atom. The summed E-state index contributed by atoms with van der Waals surface area (Å²) in [5.74, 6) is -0.255. The van der Waals surface area contributed by atoms with Crippen LogP contribution in [0.3, 0.4) is 0 Å². The molecule has 0 bridgehead atoms. The van der Waals surface area contributed by atoms with Crippen LogP contribution in [0.2, 0.25) is 0 Å². The zero-order valence-corrected chi connectivity index (χ0v) is 9.65. The highest BCUT2D eigenvalue weighted by atomic mass is 19.1. The minimum absolute atomic E-state index is 0.148. The number of benzene rings is 1. The Bertz CT molecular complexity index is 575. The molecule has 1 aromatic carbocycles. The highest BCUT2D eigenvalue weighted by molar-refractivity contribution is 5.92. The zero-order chi connectivity index (χ0) is 13.0. The van der Waals surface area contributed by atoms with E-state index >= 15 is 0 Å². The van der Waals surface area contributed by atoms with Gasteiger partial charge in [0.15, 0.2) is 5.76 Å². The van der Waals surface area contributed by atoms with Crippen molar-refractivity contribution in [2.75, 3.05) is 6.54 Å². The molecule has 1 amide bonds. The number of hydrogen-bond acceptors (Lipinski definition) is 2. The van der Waals surface area contributed by atoms with Crippen molar-refractivity contribution in [2.24, 2.45) is 0 Å². The van der Waals surface area contributed by atoms with Crippen molar-refractivity contribution in [1.29, 1.82) is 0 Å². The first-order valence-electron chi connectivity index (χ1n) is 5.46. The molecule has 18 heavy (non-hydrogen) atoms. The Kier molecular flexibility index (Phi) is 3.57. The fourth-order valence-corrected chi connectivity index (χ4v) is 1.52. The summed E-state index contributed by atoms with van der Waals surface area (Å²) in [6.07, 6.45) is 1.57. The van der Waals surface area contributed by atoms with Crippen molar-refractivity contribution in [3.05, 3.63) is 60.6 Å². The molecule has 0 spiro atoms. The number of carbonyl (C=O) groups is 1. The van der Waals surface area contributed by atoms with Crippen molar-refractivity contribution < 1.29 is 13.6 Å². The van der Waals surface area contributed by atoms with Gasteiger partial charge in [-0.25, -0.2) is 4.39 Å². The highest BCUT2D eigenvalue weighted by Gasteiger charge is 2.13. The van der Waals surface area contributed by atoms with Crippen LogP contribution in [-0.4, -0.2) is 12.5 Å². The number of nitrogens with one attached hydrogen (secondary N) is 1.